The predicted octanol–water partition coefficient (Wildman–Crippen LogP) is 3.73. The monoisotopic (exact) mass is 370 g/mol. The lowest BCUT2D eigenvalue weighted by atomic mass is 10.2. The lowest BCUT2D eigenvalue weighted by Crippen LogP contribution is -2.34. The van der Waals surface area contributed by atoms with Gasteiger partial charge in [-0.2, -0.15) is 0 Å². The molecular formula is C20H22N2O3S. The molecule has 0 radical (unpaired) electrons. The Labute approximate surface area is 156 Å². The van der Waals surface area contributed by atoms with E-state index in [1.54, 1.807) is 10.0 Å². The molecule has 0 aliphatic carbocycles. The molecule has 0 saturated carbocycles. The van der Waals surface area contributed by atoms with Crippen molar-refractivity contribution in [3.63, 3.8) is 0 Å². The van der Waals surface area contributed by atoms with Gasteiger partial charge in [0.25, 0.3) is 5.56 Å². The highest BCUT2D eigenvalue weighted by atomic mass is 32.1. The highest BCUT2D eigenvalue weighted by Gasteiger charge is 2.22. The van der Waals surface area contributed by atoms with Crippen LogP contribution >= 0.6 is 11.5 Å². The number of carbonyl (C=O) groups excluding carboxylic acids is 1. The molecule has 0 aliphatic rings. The van der Waals surface area contributed by atoms with E-state index in [1.165, 1.54) is 11.5 Å². The highest BCUT2D eigenvalue weighted by Crippen LogP contribution is 2.21. The molecule has 6 heteroatoms. The molecule has 5 nitrogen and oxygen atoms in total. The number of fused-ring (bicyclic) bond motifs is 1. The quantitative estimate of drug-likeness (QED) is 0.689. The van der Waals surface area contributed by atoms with Gasteiger partial charge in [-0.3, -0.25) is 13.5 Å². The lowest BCUT2D eigenvalue weighted by molar-refractivity contribution is -0.124. The second-order valence-corrected chi connectivity index (χ2v) is 6.95. The van der Waals surface area contributed by atoms with Gasteiger partial charge in [0.2, 0.25) is 5.91 Å². The molecule has 1 heterocycles. The molecule has 26 heavy (non-hydrogen) atoms. The summed E-state index contributed by atoms with van der Waals surface area (Å²) in [6.45, 7) is 4.90. The van der Waals surface area contributed by atoms with E-state index in [9.17, 15) is 9.59 Å². The van der Waals surface area contributed by atoms with Gasteiger partial charge in [0.1, 0.15) is 11.8 Å². The Bertz CT molecular complexity index is 944. The minimum absolute atomic E-state index is 0.103. The van der Waals surface area contributed by atoms with Crippen LogP contribution < -0.4 is 15.6 Å². The van der Waals surface area contributed by atoms with Crippen molar-refractivity contribution in [1.29, 1.82) is 0 Å². The van der Waals surface area contributed by atoms with Gasteiger partial charge >= 0.3 is 0 Å². The summed E-state index contributed by atoms with van der Waals surface area (Å²) >= 11 is 1.34. The van der Waals surface area contributed by atoms with Crippen LogP contribution in [-0.2, 0) is 11.3 Å². The highest BCUT2D eigenvalue weighted by molar-refractivity contribution is 7.14. The van der Waals surface area contributed by atoms with Crippen LogP contribution in [0.4, 0.5) is 0 Å². The first-order valence-corrected chi connectivity index (χ1v) is 9.51. The van der Waals surface area contributed by atoms with Crippen molar-refractivity contribution >= 4 is 27.5 Å². The van der Waals surface area contributed by atoms with Crippen LogP contribution in [0.15, 0.2) is 53.3 Å². The Balaban J connectivity index is 1.72. The third-order valence-corrected chi connectivity index (χ3v) is 5.36. The van der Waals surface area contributed by atoms with Crippen molar-refractivity contribution in [2.24, 2.45) is 0 Å². The van der Waals surface area contributed by atoms with E-state index in [0.29, 0.717) is 25.0 Å². The van der Waals surface area contributed by atoms with E-state index in [-0.39, 0.29) is 11.5 Å². The van der Waals surface area contributed by atoms with Gasteiger partial charge in [0.15, 0.2) is 0 Å². The van der Waals surface area contributed by atoms with E-state index in [4.69, 9.17) is 4.74 Å². The molecule has 1 N–H and O–H groups in total. The maximum absolute atomic E-state index is 12.7. The molecule has 1 amide bonds. The number of aromatic nitrogens is 1. The van der Waals surface area contributed by atoms with Gasteiger partial charge < -0.3 is 10.1 Å². The molecular weight excluding hydrogens is 348 g/mol. The second-order valence-electron chi connectivity index (χ2n) is 5.94. The Morgan fingerprint density at radius 3 is 2.54 bits per heavy atom. The zero-order valence-corrected chi connectivity index (χ0v) is 15.7. The van der Waals surface area contributed by atoms with E-state index in [2.05, 4.69) is 5.32 Å². The van der Waals surface area contributed by atoms with Crippen LogP contribution in [0.3, 0.4) is 0 Å². The first kappa shape index (κ1) is 18.2. The van der Waals surface area contributed by atoms with Crippen LogP contribution in [-0.4, -0.2) is 16.5 Å². The zero-order chi connectivity index (χ0) is 18.5. The van der Waals surface area contributed by atoms with Crippen molar-refractivity contribution in [1.82, 2.24) is 9.27 Å². The first-order chi connectivity index (χ1) is 12.6. The number of hydrogen-bond donors (Lipinski definition) is 1. The Morgan fingerprint density at radius 1 is 1.15 bits per heavy atom. The fourth-order valence-corrected chi connectivity index (χ4v) is 3.99. The van der Waals surface area contributed by atoms with Crippen LogP contribution in [0.1, 0.15) is 31.9 Å². The van der Waals surface area contributed by atoms with Crippen LogP contribution in [0.5, 0.6) is 5.75 Å². The van der Waals surface area contributed by atoms with Crippen LogP contribution in [0.25, 0.3) is 10.1 Å². The number of nitrogens with one attached hydrogen (secondary N) is 1. The number of ether oxygens (including phenoxy) is 1. The average Bonchev–Trinajstić information content (AvgIpc) is 2.99. The SMILES string of the molecule is CCOc1ccc(CNC(=O)[C@H](CC)n2sc3ccccc3c2=O)cc1. The predicted molar refractivity (Wildman–Crippen MR) is 105 cm³/mol. The van der Waals surface area contributed by atoms with Crippen molar-refractivity contribution in [3.8, 4) is 5.75 Å². The summed E-state index contributed by atoms with van der Waals surface area (Å²) in [5, 5.41) is 3.60. The van der Waals surface area contributed by atoms with E-state index >= 15 is 0 Å². The summed E-state index contributed by atoms with van der Waals surface area (Å²) in [6, 6.07) is 14.6. The number of benzene rings is 2. The third-order valence-electron chi connectivity index (χ3n) is 4.19. The summed E-state index contributed by atoms with van der Waals surface area (Å²) < 4.78 is 7.90. The number of amides is 1. The molecule has 0 bridgehead atoms. The molecule has 3 aromatic rings. The van der Waals surface area contributed by atoms with E-state index in [1.807, 2.05) is 56.3 Å². The Kier molecular flexibility index (Phi) is 5.73. The molecule has 1 aromatic heterocycles. The molecule has 1 atom stereocenters. The summed E-state index contributed by atoms with van der Waals surface area (Å²) in [4.78, 5) is 25.2. The number of rotatable bonds is 7. The Hall–Kier alpha value is -2.60. The summed E-state index contributed by atoms with van der Waals surface area (Å²) in [6.07, 6.45) is 0.557. The average molecular weight is 370 g/mol. The van der Waals surface area contributed by atoms with Gasteiger partial charge in [-0.15, -0.1) is 0 Å². The zero-order valence-electron chi connectivity index (χ0n) is 14.9. The van der Waals surface area contributed by atoms with Gasteiger partial charge in [-0.05, 0) is 43.2 Å². The molecule has 3 rings (SSSR count). The van der Waals surface area contributed by atoms with Crippen LogP contribution in [0.2, 0.25) is 0 Å². The second kappa shape index (κ2) is 8.19. The third kappa shape index (κ3) is 3.80. The normalized spacial score (nSPS) is 12.1. The van der Waals surface area contributed by atoms with E-state index < -0.39 is 6.04 Å². The van der Waals surface area contributed by atoms with Gasteiger partial charge in [0, 0.05) is 6.54 Å². The fraction of sp³-hybridized carbons (Fsp3) is 0.300. The first-order valence-electron chi connectivity index (χ1n) is 8.74. The van der Waals surface area contributed by atoms with E-state index in [0.717, 1.165) is 16.0 Å². The molecule has 2 aromatic carbocycles. The smallest absolute Gasteiger partial charge is 0.269 e. The lowest BCUT2D eigenvalue weighted by Gasteiger charge is -2.15. The Morgan fingerprint density at radius 2 is 1.88 bits per heavy atom. The maximum Gasteiger partial charge on any atom is 0.269 e. The molecule has 0 spiro atoms. The molecule has 0 unspecified atom stereocenters. The molecule has 0 fully saturated rings. The van der Waals surface area contributed by atoms with Crippen molar-refractivity contribution < 1.29 is 9.53 Å². The summed E-state index contributed by atoms with van der Waals surface area (Å²) in [5.41, 5.74) is 0.883. The number of carbonyl (C=O) groups is 1. The minimum atomic E-state index is -0.498. The van der Waals surface area contributed by atoms with Crippen molar-refractivity contribution in [2.75, 3.05) is 6.61 Å². The molecule has 0 saturated heterocycles. The number of nitrogens with zero attached hydrogens (tertiary/aromatic N) is 1. The van der Waals surface area contributed by atoms with Crippen molar-refractivity contribution in [3.05, 3.63) is 64.4 Å². The van der Waals surface area contributed by atoms with Crippen LogP contribution in [0, 0.1) is 0 Å². The molecule has 136 valence electrons. The summed E-state index contributed by atoms with van der Waals surface area (Å²) in [5.74, 6) is 0.667. The molecule has 0 aliphatic heterocycles. The van der Waals surface area contributed by atoms with Gasteiger partial charge in [-0.25, -0.2) is 0 Å². The minimum Gasteiger partial charge on any atom is -0.494 e. The largest absolute Gasteiger partial charge is 0.494 e. The summed E-state index contributed by atoms with van der Waals surface area (Å²) in [7, 11) is 0. The van der Waals surface area contributed by atoms with Gasteiger partial charge in [-0.1, -0.05) is 42.7 Å². The standard InChI is InChI=1S/C20H22N2O3S/c1-3-17(22-20(24)16-7-5-6-8-18(16)26-22)19(23)21-13-14-9-11-15(12-10-14)25-4-2/h5-12,17H,3-4,13H2,1-2H3,(H,21,23)/t17-/m0/s1. The maximum atomic E-state index is 12.7. The number of hydrogen-bond acceptors (Lipinski definition) is 4. The van der Waals surface area contributed by atoms with Gasteiger partial charge in [0.05, 0.1) is 16.7 Å². The fourth-order valence-electron chi connectivity index (χ4n) is 2.83. The van der Waals surface area contributed by atoms with Crippen molar-refractivity contribution in [2.45, 2.75) is 32.9 Å². The topological polar surface area (TPSA) is 60.3 Å².